The molecule has 0 N–H and O–H groups in total. The molecule has 4 nitrogen and oxygen atoms in total. The van der Waals surface area contributed by atoms with E-state index in [1.165, 1.54) is 0 Å². The van der Waals surface area contributed by atoms with Crippen molar-refractivity contribution in [1.29, 1.82) is 5.26 Å². The van der Waals surface area contributed by atoms with Crippen LogP contribution in [0.5, 0.6) is 0 Å². The lowest BCUT2D eigenvalue weighted by Gasteiger charge is -2.19. The third-order valence-corrected chi connectivity index (χ3v) is 2.12. The second kappa shape index (κ2) is 6.70. The Morgan fingerprint density at radius 2 is 2.44 bits per heavy atom. The molecule has 0 aromatic carbocycles. The number of aromatic nitrogens is 1. The lowest BCUT2D eigenvalue weighted by atomic mass is 10.2. The molecule has 0 spiro atoms. The third kappa shape index (κ3) is 4.67. The molecule has 0 atom stereocenters. The maximum atomic E-state index is 11.1. The number of nitriles is 1. The average Bonchev–Trinajstić information content (AvgIpc) is 2.26. The smallest absolute Gasteiger partial charge is 0.143 e. The van der Waals surface area contributed by atoms with Gasteiger partial charge in [-0.1, -0.05) is 6.07 Å². The molecule has 0 saturated carbocycles. The molecule has 84 valence electrons. The zero-order chi connectivity index (χ0) is 11.8. The Hall–Kier alpha value is -1.73. The minimum absolute atomic E-state index is 0.113. The Morgan fingerprint density at radius 1 is 1.62 bits per heavy atom. The molecule has 4 heteroatoms. The fraction of sp³-hybridized carbons (Fsp3) is 0.417. The maximum Gasteiger partial charge on any atom is 0.143 e. The number of hydrogen-bond donors (Lipinski definition) is 0. The van der Waals surface area contributed by atoms with Crippen LogP contribution in [0.15, 0.2) is 24.5 Å². The molecular formula is C12H15N3O. The van der Waals surface area contributed by atoms with Gasteiger partial charge in [-0.3, -0.25) is 14.7 Å². The second-order valence-corrected chi connectivity index (χ2v) is 3.68. The molecular weight excluding hydrogens is 202 g/mol. The third-order valence-electron chi connectivity index (χ3n) is 2.12. The fourth-order valence-corrected chi connectivity index (χ4v) is 1.49. The van der Waals surface area contributed by atoms with E-state index < -0.39 is 0 Å². The van der Waals surface area contributed by atoms with Crippen molar-refractivity contribution in [3.8, 4) is 6.07 Å². The van der Waals surface area contributed by atoms with Crippen LogP contribution in [-0.2, 0) is 11.3 Å². The zero-order valence-corrected chi connectivity index (χ0v) is 9.39. The number of rotatable bonds is 6. The topological polar surface area (TPSA) is 57.0 Å². The summed E-state index contributed by atoms with van der Waals surface area (Å²) >= 11 is 0. The van der Waals surface area contributed by atoms with Gasteiger partial charge in [0.2, 0.25) is 0 Å². The van der Waals surface area contributed by atoms with Gasteiger partial charge in [0.05, 0.1) is 12.6 Å². The average molecular weight is 217 g/mol. The minimum atomic E-state index is 0.113. The van der Waals surface area contributed by atoms with Crippen LogP contribution in [0.25, 0.3) is 0 Å². The van der Waals surface area contributed by atoms with E-state index in [4.69, 9.17) is 5.26 Å². The van der Waals surface area contributed by atoms with Crippen molar-refractivity contribution < 1.29 is 4.79 Å². The number of carbonyl (C=O) groups excluding carboxylic acids is 1. The molecule has 1 rings (SSSR count). The summed E-state index contributed by atoms with van der Waals surface area (Å²) in [6.07, 6.45) is 3.93. The predicted molar refractivity (Wildman–Crippen MR) is 60.4 cm³/mol. The van der Waals surface area contributed by atoms with Crippen molar-refractivity contribution in [3.63, 3.8) is 0 Å². The highest BCUT2D eigenvalue weighted by Gasteiger charge is 2.07. The van der Waals surface area contributed by atoms with Gasteiger partial charge in [0.25, 0.3) is 0 Å². The van der Waals surface area contributed by atoms with E-state index in [1.807, 2.05) is 17.0 Å². The van der Waals surface area contributed by atoms with E-state index in [0.29, 0.717) is 26.1 Å². The molecule has 1 heterocycles. The fourth-order valence-electron chi connectivity index (χ4n) is 1.49. The Bertz CT molecular complexity index is 370. The lowest BCUT2D eigenvalue weighted by molar-refractivity contribution is -0.118. The Morgan fingerprint density at radius 3 is 3.00 bits per heavy atom. The van der Waals surface area contributed by atoms with Gasteiger partial charge in [-0.15, -0.1) is 0 Å². The van der Waals surface area contributed by atoms with Crippen molar-refractivity contribution in [2.24, 2.45) is 0 Å². The Balaban J connectivity index is 2.56. The SMILES string of the molecule is CC(=O)CN(CCC#N)Cc1cccnc1. The summed E-state index contributed by atoms with van der Waals surface area (Å²) in [5.74, 6) is 0.113. The molecule has 0 aliphatic rings. The van der Waals surface area contributed by atoms with Crippen LogP contribution in [0.2, 0.25) is 0 Å². The largest absolute Gasteiger partial charge is 0.299 e. The number of hydrogen-bond acceptors (Lipinski definition) is 4. The van der Waals surface area contributed by atoms with Crippen LogP contribution in [0.4, 0.5) is 0 Å². The van der Waals surface area contributed by atoms with Crippen LogP contribution < -0.4 is 0 Å². The first-order chi connectivity index (χ1) is 7.72. The summed E-state index contributed by atoms with van der Waals surface area (Å²) in [6.45, 7) is 3.22. The van der Waals surface area contributed by atoms with Gasteiger partial charge in [-0.2, -0.15) is 5.26 Å². The summed E-state index contributed by atoms with van der Waals surface area (Å²) < 4.78 is 0. The van der Waals surface area contributed by atoms with Crippen LogP contribution in [0.3, 0.4) is 0 Å². The molecule has 0 radical (unpaired) electrons. The molecule has 0 amide bonds. The number of nitrogens with zero attached hydrogens (tertiary/aromatic N) is 3. The maximum absolute atomic E-state index is 11.1. The van der Waals surface area contributed by atoms with Crippen molar-refractivity contribution >= 4 is 5.78 Å². The van der Waals surface area contributed by atoms with Gasteiger partial charge in [0.1, 0.15) is 5.78 Å². The summed E-state index contributed by atoms with van der Waals surface area (Å²) in [6, 6.07) is 5.92. The molecule has 0 bridgehead atoms. The van der Waals surface area contributed by atoms with Crippen LogP contribution >= 0.6 is 0 Å². The van der Waals surface area contributed by atoms with Gasteiger partial charge in [0.15, 0.2) is 0 Å². The van der Waals surface area contributed by atoms with Crippen molar-refractivity contribution in [3.05, 3.63) is 30.1 Å². The summed E-state index contributed by atoms with van der Waals surface area (Å²) in [4.78, 5) is 17.0. The quantitative estimate of drug-likeness (QED) is 0.722. The molecule has 16 heavy (non-hydrogen) atoms. The summed E-state index contributed by atoms with van der Waals surface area (Å²) in [5, 5.41) is 8.54. The molecule has 0 saturated heterocycles. The van der Waals surface area contributed by atoms with Crippen molar-refractivity contribution in [2.45, 2.75) is 19.9 Å². The Labute approximate surface area is 95.5 Å². The van der Waals surface area contributed by atoms with Crippen LogP contribution in [0.1, 0.15) is 18.9 Å². The monoisotopic (exact) mass is 217 g/mol. The number of carbonyl (C=O) groups is 1. The van der Waals surface area contributed by atoms with E-state index in [2.05, 4.69) is 11.1 Å². The highest BCUT2D eigenvalue weighted by Crippen LogP contribution is 2.03. The van der Waals surface area contributed by atoms with Crippen molar-refractivity contribution in [2.75, 3.05) is 13.1 Å². The number of Topliss-reactive ketones (excluding diaryl/α,β-unsaturated/α-hetero) is 1. The normalized spacial score (nSPS) is 10.1. The Kier molecular flexibility index (Phi) is 5.17. The number of pyridine rings is 1. The van der Waals surface area contributed by atoms with Gasteiger partial charge in [0, 0.05) is 31.9 Å². The molecule has 0 aliphatic carbocycles. The first kappa shape index (κ1) is 12.3. The van der Waals surface area contributed by atoms with Crippen LogP contribution in [0, 0.1) is 11.3 Å². The summed E-state index contributed by atoms with van der Waals surface area (Å²) in [5.41, 5.74) is 1.06. The predicted octanol–water partition coefficient (Wildman–Crippen LogP) is 1.39. The zero-order valence-electron chi connectivity index (χ0n) is 9.39. The van der Waals surface area contributed by atoms with Gasteiger partial charge >= 0.3 is 0 Å². The van der Waals surface area contributed by atoms with Gasteiger partial charge in [-0.25, -0.2) is 0 Å². The second-order valence-electron chi connectivity index (χ2n) is 3.68. The van der Waals surface area contributed by atoms with E-state index in [9.17, 15) is 4.79 Å². The molecule has 0 aliphatic heterocycles. The molecule has 1 aromatic rings. The lowest BCUT2D eigenvalue weighted by Crippen LogP contribution is -2.29. The van der Waals surface area contributed by atoms with Gasteiger partial charge < -0.3 is 0 Å². The first-order valence-corrected chi connectivity index (χ1v) is 5.20. The summed E-state index contributed by atoms with van der Waals surface area (Å²) in [7, 11) is 0. The first-order valence-electron chi connectivity index (χ1n) is 5.20. The van der Waals surface area contributed by atoms with Gasteiger partial charge in [-0.05, 0) is 18.6 Å². The van der Waals surface area contributed by atoms with E-state index in [-0.39, 0.29) is 5.78 Å². The highest BCUT2D eigenvalue weighted by molar-refractivity contribution is 5.77. The van der Waals surface area contributed by atoms with E-state index >= 15 is 0 Å². The molecule has 0 fully saturated rings. The molecule has 1 aromatic heterocycles. The van der Waals surface area contributed by atoms with Crippen LogP contribution in [-0.4, -0.2) is 28.8 Å². The minimum Gasteiger partial charge on any atom is -0.299 e. The molecule has 0 unspecified atom stereocenters. The van der Waals surface area contributed by atoms with E-state index in [1.54, 1.807) is 19.3 Å². The number of ketones is 1. The highest BCUT2D eigenvalue weighted by atomic mass is 16.1. The van der Waals surface area contributed by atoms with E-state index in [0.717, 1.165) is 5.56 Å². The van der Waals surface area contributed by atoms with Crippen molar-refractivity contribution in [1.82, 2.24) is 9.88 Å². The standard InChI is InChI=1S/C12H15N3O/c1-11(16)9-15(7-3-5-13)10-12-4-2-6-14-8-12/h2,4,6,8H,3,7,9-10H2,1H3.